The molecule has 3 heteroatoms. The third kappa shape index (κ3) is 3.97. The van der Waals surface area contributed by atoms with Gasteiger partial charge in [0.25, 0.3) is 0 Å². The molecule has 104 valence electrons. The predicted octanol–water partition coefficient (Wildman–Crippen LogP) is 5.32. The summed E-state index contributed by atoms with van der Waals surface area (Å²) in [6.07, 6.45) is 6.11. The molecule has 1 aliphatic rings. The first-order valence-electron chi connectivity index (χ1n) is 7.06. The van der Waals surface area contributed by atoms with Crippen LogP contribution in [0.5, 0.6) is 0 Å². The van der Waals surface area contributed by atoms with Gasteiger partial charge in [-0.1, -0.05) is 36.5 Å². The predicted molar refractivity (Wildman–Crippen MR) is 80.9 cm³/mol. The van der Waals surface area contributed by atoms with Crippen molar-refractivity contribution in [2.45, 2.75) is 45.4 Å². The molecule has 1 fully saturated rings. The summed E-state index contributed by atoms with van der Waals surface area (Å²) >= 11 is 12.1. The number of Topliss-reactive ketones (excluding diaryl/α,β-unsaturated/α-hetero) is 1. The van der Waals surface area contributed by atoms with Gasteiger partial charge in [-0.05, 0) is 55.4 Å². The molecule has 1 aliphatic carbocycles. The molecule has 0 unspecified atom stereocenters. The Morgan fingerprint density at radius 1 is 1.21 bits per heavy atom. The van der Waals surface area contributed by atoms with E-state index in [-0.39, 0.29) is 5.92 Å². The average molecular weight is 299 g/mol. The monoisotopic (exact) mass is 298 g/mol. The highest BCUT2D eigenvalue weighted by Gasteiger charge is 2.25. The Labute approximate surface area is 125 Å². The minimum absolute atomic E-state index is 0.220. The number of benzene rings is 1. The molecule has 0 saturated heterocycles. The number of hydrogen-bond acceptors (Lipinski definition) is 1. The molecule has 0 bridgehead atoms. The largest absolute Gasteiger partial charge is 0.299 e. The minimum atomic E-state index is 0.220. The van der Waals surface area contributed by atoms with Gasteiger partial charge >= 0.3 is 0 Å². The molecule has 1 nitrogen and oxygen atoms in total. The summed E-state index contributed by atoms with van der Waals surface area (Å²) in [5, 5.41) is 1.28. The Kier molecular flexibility index (Phi) is 5.29. The van der Waals surface area contributed by atoms with Crippen LogP contribution in [0.3, 0.4) is 0 Å². The van der Waals surface area contributed by atoms with E-state index in [2.05, 4.69) is 6.92 Å². The number of halogens is 2. The van der Waals surface area contributed by atoms with E-state index in [0.29, 0.717) is 22.2 Å². The molecule has 0 atom stereocenters. The summed E-state index contributed by atoms with van der Waals surface area (Å²) in [6, 6.07) is 5.32. The fourth-order valence-corrected chi connectivity index (χ4v) is 3.28. The van der Waals surface area contributed by atoms with Crippen LogP contribution in [-0.2, 0) is 11.2 Å². The van der Waals surface area contributed by atoms with E-state index >= 15 is 0 Å². The van der Waals surface area contributed by atoms with E-state index in [1.165, 1.54) is 19.3 Å². The molecular formula is C16H20Cl2O. The normalized spacial score (nSPS) is 23.3. The lowest BCUT2D eigenvalue weighted by atomic mass is 9.78. The second-order valence-electron chi connectivity index (χ2n) is 5.50. The fraction of sp³-hybridized carbons (Fsp3) is 0.562. The molecule has 1 aromatic carbocycles. The van der Waals surface area contributed by atoms with Crippen LogP contribution >= 0.6 is 23.2 Å². The van der Waals surface area contributed by atoms with Gasteiger partial charge in [-0.3, -0.25) is 4.79 Å². The second-order valence-corrected chi connectivity index (χ2v) is 6.35. The molecule has 1 saturated carbocycles. The summed E-state index contributed by atoms with van der Waals surface area (Å²) in [4.78, 5) is 12.3. The average Bonchev–Trinajstić information content (AvgIpc) is 2.43. The van der Waals surface area contributed by atoms with Gasteiger partial charge in [0.15, 0.2) is 0 Å². The zero-order valence-corrected chi connectivity index (χ0v) is 12.8. The van der Waals surface area contributed by atoms with Crippen LogP contribution in [0.15, 0.2) is 18.2 Å². The van der Waals surface area contributed by atoms with Crippen molar-refractivity contribution in [3.8, 4) is 0 Å². The standard InChI is InChI=1S/C16H20Cl2O/c1-2-11-3-5-12(6-4-11)16(19)10-13-9-14(17)7-8-15(13)18/h7-9,11-12H,2-6,10H2,1H3. The first kappa shape index (κ1) is 14.9. The number of ketones is 1. The lowest BCUT2D eigenvalue weighted by Crippen LogP contribution is -2.23. The van der Waals surface area contributed by atoms with Crippen LogP contribution in [0.4, 0.5) is 0 Å². The van der Waals surface area contributed by atoms with Gasteiger partial charge in [0.05, 0.1) is 0 Å². The molecule has 0 aliphatic heterocycles. The van der Waals surface area contributed by atoms with Crippen molar-refractivity contribution in [1.29, 1.82) is 0 Å². The Hall–Kier alpha value is -0.530. The van der Waals surface area contributed by atoms with Crippen molar-refractivity contribution < 1.29 is 4.79 Å². The maximum absolute atomic E-state index is 12.3. The molecule has 0 amide bonds. The van der Waals surface area contributed by atoms with Gasteiger partial charge < -0.3 is 0 Å². The highest BCUT2D eigenvalue weighted by Crippen LogP contribution is 2.32. The van der Waals surface area contributed by atoms with Crippen molar-refractivity contribution in [2.24, 2.45) is 11.8 Å². The topological polar surface area (TPSA) is 17.1 Å². The third-order valence-electron chi connectivity index (χ3n) is 4.25. The SMILES string of the molecule is CCC1CCC(C(=O)Cc2cc(Cl)ccc2Cl)CC1. The quantitative estimate of drug-likeness (QED) is 0.735. The van der Waals surface area contributed by atoms with Gasteiger partial charge in [0.1, 0.15) is 5.78 Å². The van der Waals surface area contributed by atoms with Crippen molar-refractivity contribution in [1.82, 2.24) is 0 Å². The summed E-state index contributed by atoms with van der Waals surface area (Å²) in [7, 11) is 0. The lowest BCUT2D eigenvalue weighted by molar-refractivity contribution is -0.123. The number of carbonyl (C=O) groups excluding carboxylic acids is 1. The van der Waals surface area contributed by atoms with Gasteiger partial charge in [-0.15, -0.1) is 0 Å². The molecule has 2 rings (SSSR count). The van der Waals surface area contributed by atoms with E-state index < -0.39 is 0 Å². The highest BCUT2D eigenvalue weighted by atomic mass is 35.5. The molecule has 1 aromatic rings. The summed E-state index contributed by atoms with van der Waals surface area (Å²) in [5.41, 5.74) is 0.858. The van der Waals surface area contributed by atoms with E-state index in [4.69, 9.17) is 23.2 Å². The highest BCUT2D eigenvalue weighted by molar-refractivity contribution is 6.33. The van der Waals surface area contributed by atoms with E-state index in [9.17, 15) is 4.79 Å². The zero-order valence-electron chi connectivity index (χ0n) is 11.3. The first-order chi connectivity index (χ1) is 9.10. The Morgan fingerprint density at radius 2 is 1.89 bits per heavy atom. The van der Waals surface area contributed by atoms with E-state index in [0.717, 1.165) is 24.3 Å². The first-order valence-corrected chi connectivity index (χ1v) is 7.82. The Balaban J connectivity index is 1.96. The summed E-state index contributed by atoms with van der Waals surface area (Å²) in [5.74, 6) is 1.36. The molecule has 0 radical (unpaired) electrons. The van der Waals surface area contributed by atoms with Crippen LogP contribution in [-0.4, -0.2) is 5.78 Å². The molecule has 19 heavy (non-hydrogen) atoms. The second kappa shape index (κ2) is 6.76. The molecule has 0 heterocycles. The fourth-order valence-electron chi connectivity index (χ4n) is 2.90. The van der Waals surface area contributed by atoms with Crippen molar-refractivity contribution in [2.75, 3.05) is 0 Å². The maximum atomic E-state index is 12.3. The summed E-state index contributed by atoms with van der Waals surface area (Å²) in [6.45, 7) is 2.23. The molecular weight excluding hydrogens is 279 g/mol. The molecule has 0 N–H and O–H groups in total. The van der Waals surface area contributed by atoms with Crippen LogP contribution in [0.25, 0.3) is 0 Å². The van der Waals surface area contributed by atoms with Gasteiger partial charge in [-0.2, -0.15) is 0 Å². The third-order valence-corrected chi connectivity index (χ3v) is 4.86. The van der Waals surface area contributed by atoms with Crippen LogP contribution in [0.2, 0.25) is 10.0 Å². The van der Waals surface area contributed by atoms with Crippen LogP contribution in [0, 0.1) is 11.8 Å². The van der Waals surface area contributed by atoms with Crippen molar-refractivity contribution in [3.63, 3.8) is 0 Å². The number of hydrogen-bond donors (Lipinski definition) is 0. The molecule has 0 spiro atoms. The van der Waals surface area contributed by atoms with Crippen molar-refractivity contribution >= 4 is 29.0 Å². The van der Waals surface area contributed by atoms with Crippen LogP contribution in [0.1, 0.15) is 44.6 Å². The summed E-state index contributed by atoms with van der Waals surface area (Å²) < 4.78 is 0. The van der Waals surface area contributed by atoms with E-state index in [1.54, 1.807) is 18.2 Å². The van der Waals surface area contributed by atoms with Gasteiger partial charge in [0.2, 0.25) is 0 Å². The van der Waals surface area contributed by atoms with Gasteiger partial charge in [-0.25, -0.2) is 0 Å². The zero-order chi connectivity index (χ0) is 13.8. The Bertz CT molecular complexity index is 448. The molecule has 0 aromatic heterocycles. The van der Waals surface area contributed by atoms with E-state index in [1.807, 2.05) is 0 Å². The number of rotatable bonds is 4. The van der Waals surface area contributed by atoms with Gasteiger partial charge in [0, 0.05) is 22.4 Å². The maximum Gasteiger partial charge on any atom is 0.140 e. The van der Waals surface area contributed by atoms with Crippen LogP contribution < -0.4 is 0 Å². The smallest absolute Gasteiger partial charge is 0.140 e. The van der Waals surface area contributed by atoms with Crippen molar-refractivity contribution in [3.05, 3.63) is 33.8 Å². The Morgan fingerprint density at radius 3 is 2.53 bits per heavy atom. The number of carbonyl (C=O) groups is 1. The minimum Gasteiger partial charge on any atom is -0.299 e. The lowest BCUT2D eigenvalue weighted by Gasteiger charge is -2.26.